The number of allylic oxidation sites excluding steroid dienone is 9. The van der Waals surface area contributed by atoms with Gasteiger partial charge in [0.1, 0.15) is 16.7 Å². The van der Waals surface area contributed by atoms with Crippen LogP contribution in [-0.2, 0) is 61.9 Å². The molecule has 3 fully saturated rings. The molecule has 0 unspecified atom stereocenters. The molecule has 0 atom stereocenters. The number of carbonyl (C=O) groups is 6. The molecule has 0 aromatic rings. The number of cyclic esters (lactones) is 2. The van der Waals surface area contributed by atoms with Gasteiger partial charge in [-0.15, -0.1) is 0 Å². The van der Waals surface area contributed by atoms with Crippen molar-refractivity contribution in [3.05, 3.63) is 83.4 Å². The maximum Gasteiger partial charge on any atom is 0.348 e. The first-order valence-corrected chi connectivity index (χ1v) is 14.2. The minimum absolute atomic E-state index is 0.0510. The van der Waals surface area contributed by atoms with Crippen molar-refractivity contribution in [2.75, 3.05) is 7.11 Å². The van der Waals surface area contributed by atoms with Crippen molar-refractivity contribution < 1.29 is 67.0 Å². The molecule has 1 aliphatic carbocycles. The number of hydrogen-bond donors (Lipinski definition) is 1. The summed E-state index contributed by atoms with van der Waals surface area (Å²) in [4.78, 5) is 73.9. The normalized spacial score (nSPS) is 28.5. The first kappa shape index (κ1) is 33.5. The van der Waals surface area contributed by atoms with Crippen molar-refractivity contribution in [3.63, 3.8) is 0 Å². The predicted octanol–water partition coefficient (Wildman–Crippen LogP) is 3.26. The lowest BCUT2D eigenvalue weighted by Gasteiger charge is -2.46. The van der Waals surface area contributed by atoms with Crippen LogP contribution in [0.1, 0.15) is 52.4 Å². The average molecular weight is 641 g/mol. The molecule has 14 heteroatoms. The van der Waals surface area contributed by atoms with E-state index in [1.165, 1.54) is 50.5 Å². The Kier molecular flexibility index (Phi) is 9.98. The average Bonchev–Trinajstić information content (AvgIpc) is 2.99. The summed E-state index contributed by atoms with van der Waals surface area (Å²) in [7, 11) is 1.20. The number of aliphatic hydroxyl groups excluding tert-OH is 1. The van der Waals surface area contributed by atoms with Gasteiger partial charge in [-0.2, -0.15) is 0 Å². The largest absolute Gasteiger partial charge is 0.480 e. The molecule has 1 N–H and O–H groups in total. The molecular weight excluding hydrogens is 608 g/mol. The fourth-order valence-corrected chi connectivity index (χ4v) is 4.78. The van der Waals surface area contributed by atoms with Crippen LogP contribution in [0.15, 0.2) is 83.4 Å². The van der Waals surface area contributed by atoms with Gasteiger partial charge in [0.25, 0.3) is 23.3 Å². The van der Waals surface area contributed by atoms with E-state index in [-0.39, 0.29) is 49.7 Å². The molecule has 0 amide bonds. The predicted molar refractivity (Wildman–Crippen MR) is 153 cm³/mol. The molecule has 0 bridgehead atoms. The summed E-state index contributed by atoms with van der Waals surface area (Å²) < 4.78 is 36.9. The monoisotopic (exact) mass is 640 g/mol. The molecular formula is C32H32O14. The van der Waals surface area contributed by atoms with Crippen molar-refractivity contribution >= 4 is 35.8 Å². The minimum Gasteiger partial charge on any atom is -0.480 e. The molecule has 244 valence electrons. The van der Waals surface area contributed by atoms with Gasteiger partial charge in [-0.05, 0) is 25.2 Å². The summed E-state index contributed by atoms with van der Waals surface area (Å²) in [5, 5.41) is 10.5. The minimum atomic E-state index is -1.62. The maximum absolute atomic E-state index is 12.8. The number of rotatable bonds is 8. The zero-order valence-corrected chi connectivity index (χ0v) is 25.3. The summed E-state index contributed by atoms with van der Waals surface area (Å²) in [6, 6.07) is 0. The van der Waals surface area contributed by atoms with E-state index < -0.39 is 64.7 Å². The van der Waals surface area contributed by atoms with Crippen molar-refractivity contribution in [1.29, 1.82) is 0 Å². The zero-order valence-electron chi connectivity index (χ0n) is 25.3. The highest BCUT2D eigenvalue weighted by Gasteiger charge is 2.56. The molecule has 2 saturated heterocycles. The van der Waals surface area contributed by atoms with Gasteiger partial charge in [0.15, 0.2) is 0 Å². The van der Waals surface area contributed by atoms with E-state index in [2.05, 4.69) is 4.74 Å². The van der Waals surface area contributed by atoms with Crippen LogP contribution in [0.5, 0.6) is 0 Å². The second-order valence-corrected chi connectivity index (χ2v) is 10.6. The molecule has 0 radical (unpaired) electrons. The second-order valence-electron chi connectivity index (χ2n) is 10.6. The highest BCUT2D eigenvalue weighted by Crippen LogP contribution is 2.45. The summed E-state index contributed by atoms with van der Waals surface area (Å²) >= 11 is 0. The third kappa shape index (κ3) is 7.62. The van der Waals surface area contributed by atoms with Gasteiger partial charge < -0.3 is 38.3 Å². The Bertz CT molecular complexity index is 1480. The van der Waals surface area contributed by atoms with Crippen molar-refractivity contribution in [2.45, 2.75) is 69.7 Å². The van der Waals surface area contributed by atoms with E-state index >= 15 is 0 Å². The van der Waals surface area contributed by atoms with Gasteiger partial charge >= 0.3 is 35.8 Å². The summed E-state index contributed by atoms with van der Waals surface area (Å²) in [5.74, 6) is -10.5. The van der Waals surface area contributed by atoms with Crippen LogP contribution in [0.4, 0.5) is 0 Å². The van der Waals surface area contributed by atoms with E-state index in [0.29, 0.717) is 0 Å². The topological polar surface area (TPSA) is 187 Å². The van der Waals surface area contributed by atoms with E-state index in [9.17, 15) is 33.9 Å². The maximum atomic E-state index is 12.8. The van der Waals surface area contributed by atoms with Crippen LogP contribution in [0.3, 0.4) is 0 Å². The number of hydrogen-bond acceptors (Lipinski definition) is 14. The van der Waals surface area contributed by atoms with Crippen LogP contribution >= 0.6 is 0 Å². The second kappa shape index (κ2) is 13.7. The van der Waals surface area contributed by atoms with Gasteiger partial charge in [-0.1, -0.05) is 42.5 Å². The number of esters is 6. The molecule has 3 aliphatic heterocycles. The molecule has 0 aromatic heterocycles. The van der Waals surface area contributed by atoms with Gasteiger partial charge in [0, 0.05) is 39.0 Å². The molecule has 0 aromatic carbocycles. The van der Waals surface area contributed by atoms with Gasteiger partial charge in [-0.25, -0.2) is 24.0 Å². The quantitative estimate of drug-likeness (QED) is 0.134. The van der Waals surface area contributed by atoms with Gasteiger partial charge in [-0.3, -0.25) is 4.79 Å². The Morgan fingerprint density at radius 3 is 1.70 bits per heavy atom. The van der Waals surface area contributed by atoms with Crippen LogP contribution in [0.2, 0.25) is 0 Å². The number of aliphatic hydroxyl groups is 1. The number of ether oxygens (including phenoxy) is 7. The lowest BCUT2D eigenvalue weighted by molar-refractivity contribution is -0.297. The Hall–Kier alpha value is -5.40. The van der Waals surface area contributed by atoms with Crippen molar-refractivity contribution in [2.24, 2.45) is 0 Å². The smallest absolute Gasteiger partial charge is 0.348 e. The summed E-state index contributed by atoms with van der Waals surface area (Å²) in [6.45, 7) is 3.16. The third-order valence-corrected chi connectivity index (χ3v) is 7.28. The fourth-order valence-electron chi connectivity index (χ4n) is 4.78. The first-order chi connectivity index (χ1) is 21.8. The molecule has 14 nitrogen and oxygen atoms in total. The Morgan fingerprint density at radius 1 is 0.717 bits per heavy atom. The van der Waals surface area contributed by atoms with E-state index in [1.807, 2.05) is 6.92 Å². The highest BCUT2D eigenvalue weighted by atomic mass is 16.8. The van der Waals surface area contributed by atoms with E-state index in [0.717, 1.165) is 6.08 Å². The summed E-state index contributed by atoms with van der Waals surface area (Å²) in [5.41, 5.74) is -0.969. The SMILES string of the molecule is C/C=C/C=C/C=C1C(=O)OC2(CCC3(CC2)OC(=O)C(/C=C/C=C/C=C2C(=O)OC(C)(CCC(=O)OC)OC2=O)=C(O)O3)OC1=O. The lowest BCUT2D eigenvalue weighted by atomic mass is 9.87. The first-order valence-electron chi connectivity index (χ1n) is 14.2. The Labute approximate surface area is 263 Å². The highest BCUT2D eigenvalue weighted by molar-refractivity contribution is 6.16. The lowest BCUT2D eigenvalue weighted by Crippen LogP contribution is -2.54. The summed E-state index contributed by atoms with van der Waals surface area (Å²) in [6.07, 6.45) is 13.8. The van der Waals surface area contributed by atoms with Gasteiger partial charge in [0.2, 0.25) is 0 Å². The van der Waals surface area contributed by atoms with Crippen LogP contribution in [-0.4, -0.2) is 65.4 Å². The molecule has 3 heterocycles. The molecule has 4 rings (SSSR count). The Morgan fingerprint density at radius 2 is 1.20 bits per heavy atom. The molecule has 1 saturated carbocycles. The zero-order chi connectivity index (χ0) is 33.5. The number of methoxy groups -OCH3 is 1. The molecule has 2 spiro atoms. The van der Waals surface area contributed by atoms with Crippen LogP contribution in [0.25, 0.3) is 0 Å². The van der Waals surface area contributed by atoms with Crippen LogP contribution < -0.4 is 0 Å². The van der Waals surface area contributed by atoms with Crippen LogP contribution in [0, 0.1) is 0 Å². The van der Waals surface area contributed by atoms with E-state index in [4.69, 9.17) is 28.4 Å². The van der Waals surface area contributed by atoms with Crippen molar-refractivity contribution in [1.82, 2.24) is 0 Å². The molecule has 4 aliphatic rings. The van der Waals surface area contributed by atoms with E-state index in [1.54, 1.807) is 18.2 Å². The van der Waals surface area contributed by atoms with Crippen molar-refractivity contribution in [3.8, 4) is 0 Å². The van der Waals surface area contributed by atoms with Gasteiger partial charge in [0.05, 0.1) is 13.5 Å². The third-order valence-electron chi connectivity index (χ3n) is 7.28. The standard InChI is InChI=1S/C32H32O14/c1-4-5-6-8-11-21-26(36)43-31(44-27(21)37)16-18-32(19-17-31)45-28(38)22(29(39)46-32)13-10-7-9-12-20-24(34)41-30(2,42-25(20)35)15-14-23(33)40-3/h4-13,38H,14-19H2,1-3H3/b5-4+,8-6+,9-7+,13-10+,20-12?,21-11?. The Balaban J connectivity index is 1.34. The number of carbonyl (C=O) groups excluding carboxylic acids is 6. The fraction of sp³-hybridized carbons (Fsp3) is 0.375. The molecule has 46 heavy (non-hydrogen) atoms.